The standard InChI is InChI=1S/C12H10BrClN2O/c13-9-3-8(7-1-2-7)5-16-6-10(11(17)4-14)15-12(9)16/h3,5-7H,1-2,4H2. The van der Waals surface area contributed by atoms with Crippen molar-refractivity contribution < 1.29 is 4.79 Å². The van der Waals surface area contributed by atoms with Gasteiger partial charge in [0.05, 0.1) is 10.4 Å². The summed E-state index contributed by atoms with van der Waals surface area (Å²) in [6, 6.07) is 2.09. The highest BCUT2D eigenvalue weighted by atomic mass is 79.9. The molecule has 0 amide bonds. The van der Waals surface area contributed by atoms with Crippen LogP contribution in [0.4, 0.5) is 0 Å². The van der Waals surface area contributed by atoms with E-state index in [1.165, 1.54) is 18.4 Å². The molecule has 88 valence electrons. The van der Waals surface area contributed by atoms with Gasteiger partial charge in [-0.3, -0.25) is 4.79 Å². The molecule has 0 atom stereocenters. The number of nitrogens with zero attached hydrogens (tertiary/aromatic N) is 2. The first-order valence-electron chi connectivity index (χ1n) is 5.46. The van der Waals surface area contributed by atoms with Crippen molar-refractivity contribution in [3.8, 4) is 0 Å². The fourth-order valence-corrected chi connectivity index (χ4v) is 2.61. The predicted octanol–water partition coefficient (Wildman–Crippen LogP) is 3.40. The molecule has 0 radical (unpaired) electrons. The summed E-state index contributed by atoms with van der Waals surface area (Å²) in [5, 5.41) is 0. The SMILES string of the molecule is O=C(CCl)c1cn2cc(C3CC3)cc(Br)c2n1. The highest BCUT2D eigenvalue weighted by Crippen LogP contribution is 2.41. The molecule has 3 nitrogen and oxygen atoms in total. The van der Waals surface area contributed by atoms with E-state index in [2.05, 4.69) is 33.2 Å². The van der Waals surface area contributed by atoms with Gasteiger partial charge in [-0.2, -0.15) is 0 Å². The Balaban J connectivity index is 2.14. The maximum absolute atomic E-state index is 11.5. The van der Waals surface area contributed by atoms with Gasteiger partial charge in [-0.1, -0.05) is 0 Å². The van der Waals surface area contributed by atoms with Crippen molar-refractivity contribution in [3.63, 3.8) is 0 Å². The van der Waals surface area contributed by atoms with Gasteiger partial charge in [-0.15, -0.1) is 11.6 Å². The molecule has 2 aromatic rings. The maximum atomic E-state index is 11.5. The third-order valence-electron chi connectivity index (χ3n) is 2.98. The molecular formula is C12H10BrClN2O. The lowest BCUT2D eigenvalue weighted by atomic mass is 10.2. The van der Waals surface area contributed by atoms with E-state index in [9.17, 15) is 4.79 Å². The van der Waals surface area contributed by atoms with Crippen LogP contribution >= 0.6 is 27.5 Å². The molecule has 1 fully saturated rings. The Morgan fingerprint density at radius 3 is 2.94 bits per heavy atom. The summed E-state index contributed by atoms with van der Waals surface area (Å²) in [7, 11) is 0. The molecule has 0 saturated heterocycles. The van der Waals surface area contributed by atoms with Gasteiger partial charge in [0.2, 0.25) is 0 Å². The van der Waals surface area contributed by atoms with Gasteiger partial charge in [-0.25, -0.2) is 4.98 Å². The zero-order valence-corrected chi connectivity index (χ0v) is 11.3. The Bertz CT molecular complexity index is 604. The van der Waals surface area contributed by atoms with Crippen LogP contribution in [0.1, 0.15) is 34.8 Å². The minimum Gasteiger partial charge on any atom is -0.305 e. The summed E-state index contributed by atoms with van der Waals surface area (Å²) >= 11 is 9.04. The van der Waals surface area contributed by atoms with Crippen molar-refractivity contribution in [2.75, 3.05) is 5.88 Å². The van der Waals surface area contributed by atoms with Gasteiger partial charge in [0.15, 0.2) is 11.4 Å². The van der Waals surface area contributed by atoms with Crippen molar-refractivity contribution >= 4 is 39.0 Å². The molecule has 0 aliphatic heterocycles. The number of aromatic nitrogens is 2. The number of alkyl halides is 1. The number of rotatable bonds is 3. The molecular weight excluding hydrogens is 304 g/mol. The zero-order chi connectivity index (χ0) is 12.0. The third kappa shape index (κ3) is 2.00. The second-order valence-electron chi connectivity index (χ2n) is 4.31. The number of hydrogen-bond donors (Lipinski definition) is 0. The lowest BCUT2D eigenvalue weighted by Gasteiger charge is -2.01. The highest BCUT2D eigenvalue weighted by molar-refractivity contribution is 9.10. The van der Waals surface area contributed by atoms with Gasteiger partial charge in [0.1, 0.15) is 5.69 Å². The molecule has 3 rings (SSSR count). The van der Waals surface area contributed by atoms with Gasteiger partial charge in [0.25, 0.3) is 0 Å². The lowest BCUT2D eigenvalue weighted by Crippen LogP contribution is -1.99. The van der Waals surface area contributed by atoms with Gasteiger partial charge in [-0.05, 0) is 46.3 Å². The molecule has 17 heavy (non-hydrogen) atoms. The van der Waals surface area contributed by atoms with E-state index in [0.29, 0.717) is 11.6 Å². The molecule has 0 aromatic carbocycles. The molecule has 0 bridgehead atoms. The second-order valence-corrected chi connectivity index (χ2v) is 5.43. The Morgan fingerprint density at radius 1 is 1.53 bits per heavy atom. The minimum atomic E-state index is -0.143. The Labute approximate surface area is 112 Å². The molecule has 2 heterocycles. The van der Waals surface area contributed by atoms with Crippen LogP contribution in [0.2, 0.25) is 0 Å². The van der Waals surface area contributed by atoms with Crippen LogP contribution in [0.5, 0.6) is 0 Å². The number of halogens is 2. The quantitative estimate of drug-likeness (QED) is 0.643. The van der Waals surface area contributed by atoms with Crippen LogP contribution < -0.4 is 0 Å². The molecule has 1 aliphatic rings. The smallest absolute Gasteiger partial charge is 0.197 e. The molecule has 0 unspecified atom stereocenters. The fourth-order valence-electron chi connectivity index (χ4n) is 1.92. The summed E-state index contributed by atoms with van der Waals surface area (Å²) in [6.45, 7) is 0. The van der Waals surface area contributed by atoms with Gasteiger partial charge in [0, 0.05) is 12.4 Å². The highest BCUT2D eigenvalue weighted by Gasteiger charge is 2.25. The third-order valence-corrected chi connectivity index (χ3v) is 3.81. The van der Waals surface area contributed by atoms with E-state index >= 15 is 0 Å². The molecule has 2 aromatic heterocycles. The van der Waals surface area contributed by atoms with Crippen LogP contribution in [-0.2, 0) is 0 Å². The van der Waals surface area contributed by atoms with E-state index in [1.807, 2.05) is 4.40 Å². The van der Waals surface area contributed by atoms with Crippen LogP contribution in [0.25, 0.3) is 5.65 Å². The number of Topliss-reactive ketones (excluding diaryl/α,β-unsaturated/α-hetero) is 1. The summed E-state index contributed by atoms with van der Waals surface area (Å²) in [5.41, 5.74) is 2.49. The van der Waals surface area contributed by atoms with Crippen LogP contribution in [-0.4, -0.2) is 21.0 Å². The molecule has 5 heteroatoms. The summed E-state index contributed by atoms with van der Waals surface area (Å²) < 4.78 is 2.83. The van der Waals surface area contributed by atoms with E-state index in [-0.39, 0.29) is 11.7 Å². The van der Waals surface area contributed by atoms with E-state index in [0.717, 1.165) is 10.1 Å². The van der Waals surface area contributed by atoms with Crippen molar-refractivity contribution in [1.82, 2.24) is 9.38 Å². The maximum Gasteiger partial charge on any atom is 0.197 e. The van der Waals surface area contributed by atoms with Gasteiger partial charge < -0.3 is 4.40 Å². The predicted molar refractivity (Wildman–Crippen MR) is 69.9 cm³/mol. The first kappa shape index (κ1) is 11.2. The van der Waals surface area contributed by atoms with E-state index in [4.69, 9.17) is 11.6 Å². The fraction of sp³-hybridized carbons (Fsp3) is 0.333. The Hall–Kier alpha value is -0.870. The van der Waals surface area contributed by atoms with Gasteiger partial charge >= 0.3 is 0 Å². The topological polar surface area (TPSA) is 34.4 Å². The molecule has 0 spiro atoms. The molecule has 0 N–H and O–H groups in total. The van der Waals surface area contributed by atoms with Crippen LogP contribution in [0, 0.1) is 0 Å². The number of hydrogen-bond acceptors (Lipinski definition) is 2. The molecule has 1 aliphatic carbocycles. The molecule has 1 saturated carbocycles. The summed E-state index contributed by atoms with van der Waals surface area (Å²) in [5.74, 6) is 0.497. The van der Waals surface area contributed by atoms with Crippen molar-refractivity contribution in [3.05, 3.63) is 34.2 Å². The average molecular weight is 314 g/mol. The Morgan fingerprint density at radius 2 is 2.29 bits per heavy atom. The van der Waals surface area contributed by atoms with Crippen molar-refractivity contribution in [1.29, 1.82) is 0 Å². The van der Waals surface area contributed by atoms with Crippen molar-refractivity contribution in [2.24, 2.45) is 0 Å². The summed E-state index contributed by atoms with van der Waals surface area (Å²) in [4.78, 5) is 15.8. The van der Waals surface area contributed by atoms with E-state index < -0.39 is 0 Å². The first-order valence-corrected chi connectivity index (χ1v) is 6.79. The van der Waals surface area contributed by atoms with E-state index in [1.54, 1.807) is 6.20 Å². The average Bonchev–Trinajstić information content (AvgIpc) is 3.08. The number of ketones is 1. The lowest BCUT2D eigenvalue weighted by molar-refractivity contribution is 0.101. The Kier molecular flexibility index (Phi) is 2.71. The van der Waals surface area contributed by atoms with Crippen LogP contribution in [0.3, 0.4) is 0 Å². The number of imidazole rings is 1. The number of pyridine rings is 1. The number of fused-ring (bicyclic) bond motifs is 1. The second kappa shape index (κ2) is 4.10. The zero-order valence-electron chi connectivity index (χ0n) is 8.99. The normalized spacial score (nSPS) is 15.4. The minimum absolute atomic E-state index is 0.0308. The van der Waals surface area contributed by atoms with Crippen LogP contribution in [0.15, 0.2) is 22.9 Å². The van der Waals surface area contributed by atoms with Crippen molar-refractivity contribution in [2.45, 2.75) is 18.8 Å². The monoisotopic (exact) mass is 312 g/mol. The number of carbonyl (C=O) groups is 1. The number of carbonyl (C=O) groups excluding carboxylic acids is 1. The summed E-state index contributed by atoms with van der Waals surface area (Å²) in [6.07, 6.45) is 6.30. The first-order chi connectivity index (χ1) is 8.19. The largest absolute Gasteiger partial charge is 0.305 e.